The van der Waals surface area contributed by atoms with Crippen LogP contribution in [-0.4, -0.2) is 10.2 Å². The minimum atomic E-state index is -0.616. The molecule has 0 bridgehead atoms. The van der Waals surface area contributed by atoms with Crippen LogP contribution < -0.4 is 10.5 Å². The van der Waals surface area contributed by atoms with Gasteiger partial charge in [0.1, 0.15) is 23.3 Å². The fourth-order valence-corrected chi connectivity index (χ4v) is 3.50. The highest BCUT2D eigenvalue weighted by Crippen LogP contribution is 2.46. The summed E-state index contributed by atoms with van der Waals surface area (Å²) in [7, 11) is 0. The lowest BCUT2D eigenvalue weighted by atomic mass is 9.83. The van der Waals surface area contributed by atoms with Gasteiger partial charge < -0.3 is 10.5 Å². The number of rotatable bonds is 2. The average molecular weight is 429 g/mol. The molecule has 2 aromatic carbocycles. The van der Waals surface area contributed by atoms with E-state index in [1.54, 1.807) is 24.3 Å². The van der Waals surface area contributed by atoms with E-state index in [1.807, 2.05) is 0 Å². The molecule has 1 unspecified atom stereocenters. The second-order valence-corrected chi connectivity index (χ2v) is 6.78. The molecule has 0 amide bonds. The maximum atomic E-state index is 13.7. The van der Waals surface area contributed by atoms with E-state index >= 15 is 0 Å². The number of nitrogens with two attached hydrogens (primary N) is 1. The van der Waals surface area contributed by atoms with Crippen LogP contribution in [0.3, 0.4) is 0 Å². The molecule has 0 saturated heterocycles. The highest BCUT2D eigenvalue weighted by Gasteiger charge is 2.35. The zero-order chi connectivity index (χ0) is 19.1. The minimum Gasteiger partial charge on any atom is -0.420 e. The predicted molar refractivity (Wildman–Crippen MR) is 97.4 cm³/mol. The number of nitriles is 1. The molecule has 5 nitrogen and oxygen atoms in total. The second-order valence-electron chi connectivity index (χ2n) is 5.92. The summed E-state index contributed by atoms with van der Waals surface area (Å²) in [5.74, 6) is -1.25. The van der Waals surface area contributed by atoms with Gasteiger partial charge in [-0.2, -0.15) is 5.26 Å². The highest BCUT2D eigenvalue weighted by molar-refractivity contribution is 9.10. The van der Waals surface area contributed by atoms with Crippen molar-refractivity contribution in [3.63, 3.8) is 0 Å². The smallest absolute Gasteiger partial charge is 0.244 e. The van der Waals surface area contributed by atoms with E-state index in [9.17, 15) is 14.0 Å². The van der Waals surface area contributed by atoms with Crippen molar-refractivity contribution in [3.05, 3.63) is 81.2 Å². The molecular weight excluding hydrogens is 418 g/mol. The third kappa shape index (κ3) is 2.86. The molecule has 27 heavy (non-hydrogen) atoms. The Morgan fingerprint density at radius 1 is 1.19 bits per heavy atom. The van der Waals surface area contributed by atoms with Gasteiger partial charge in [-0.15, -0.1) is 5.10 Å². The van der Waals surface area contributed by atoms with Gasteiger partial charge >= 0.3 is 0 Å². The Morgan fingerprint density at radius 2 is 1.93 bits per heavy atom. The number of aromatic nitrogens is 2. The number of nitrogens with zero attached hydrogens (tertiary/aromatic N) is 2. The quantitative estimate of drug-likeness (QED) is 0.635. The Balaban J connectivity index is 1.95. The number of halogens is 3. The number of ether oxygens (including phenoxy) is 1. The van der Waals surface area contributed by atoms with Crippen LogP contribution in [0.5, 0.6) is 5.88 Å². The molecule has 1 atom stereocenters. The van der Waals surface area contributed by atoms with Crippen LogP contribution in [0.15, 0.2) is 58.4 Å². The lowest BCUT2D eigenvalue weighted by Gasteiger charge is -2.24. The fraction of sp³-hybridized carbons (Fsp3) is 0.0526. The monoisotopic (exact) mass is 428 g/mol. The van der Waals surface area contributed by atoms with Gasteiger partial charge in [0, 0.05) is 5.56 Å². The highest BCUT2D eigenvalue weighted by atomic mass is 79.9. The first-order chi connectivity index (χ1) is 13.0. The van der Waals surface area contributed by atoms with Gasteiger partial charge in [-0.05, 0) is 57.9 Å². The zero-order valence-electron chi connectivity index (χ0n) is 13.6. The SMILES string of the molecule is N#CC1=C(N)Oc2n[nH]c(-c3ccc(F)cc3)c2C1c1ccc(F)c(Br)c1. The maximum Gasteiger partial charge on any atom is 0.244 e. The van der Waals surface area contributed by atoms with Crippen LogP contribution in [0.4, 0.5) is 8.78 Å². The molecule has 4 rings (SSSR count). The number of benzene rings is 2. The largest absolute Gasteiger partial charge is 0.420 e. The summed E-state index contributed by atoms with van der Waals surface area (Å²) in [4.78, 5) is 0. The van der Waals surface area contributed by atoms with Gasteiger partial charge in [-0.1, -0.05) is 6.07 Å². The van der Waals surface area contributed by atoms with E-state index in [2.05, 4.69) is 32.2 Å². The number of H-pyrrole nitrogens is 1. The van der Waals surface area contributed by atoms with Crippen LogP contribution in [0.1, 0.15) is 17.0 Å². The Bertz CT molecular complexity index is 1120. The van der Waals surface area contributed by atoms with Crippen LogP contribution in [0, 0.1) is 23.0 Å². The minimum absolute atomic E-state index is 0.0624. The third-order valence-corrected chi connectivity index (χ3v) is 4.96. The number of aromatic amines is 1. The summed E-state index contributed by atoms with van der Waals surface area (Å²) in [6.45, 7) is 0. The molecule has 1 aliphatic rings. The first kappa shape index (κ1) is 17.2. The normalized spacial score (nSPS) is 15.9. The van der Waals surface area contributed by atoms with Crippen molar-refractivity contribution in [3.8, 4) is 23.2 Å². The molecule has 8 heteroatoms. The number of allylic oxidation sites excluding steroid dienone is 1. The summed E-state index contributed by atoms with van der Waals surface area (Å²) >= 11 is 3.17. The van der Waals surface area contributed by atoms with Crippen molar-refractivity contribution in [1.29, 1.82) is 5.26 Å². The molecule has 2 heterocycles. The van der Waals surface area contributed by atoms with Crippen molar-refractivity contribution >= 4 is 15.9 Å². The average Bonchev–Trinajstić information content (AvgIpc) is 3.07. The lowest BCUT2D eigenvalue weighted by Crippen LogP contribution is -2.21. The van der Waals surface area contributed by atoms with Gasteiger partial charge in [0.15, 0.2) is 0 Å². The Kier molecular flexibility index (Phi) is 4.16. The number of hydrogen-bond acceptors (Lipinski definition) is 4. The molecule has 134 valence electrons. The van der Waals surface area contributed by atoms with Crippen molar-refractivity contribution in [2.75, 3.05) is 0 Å². The van der Waals surface area contributed by atoms with Crippen LogP contribution >= 0.6 is 15.9 Å². The van der Waals surface area contributed by atoms with E-state index in [0.717, 1.165) is 0 Å². The number of hydrogen-bond donors (Lipinski definition) is 2. The number of nitrogens with one attached hydrogen (secondary N) is 1. The molecule has 3 N–H and O–H groups in total. The second kappa shape index (κ2) is 6.52. The first-order valence-electron chi connectivity index (χ1n) is 7.86. The van der Waals surface area contributed by atoms with E-state index in [0.29, 0.717) is 22.4 Å². The van der Waals surface area contributed by atoms with E-state index in [1.165, 1.54) is 18.2 Å². The molecule has 1 aromatic heterocycles. The van der Waals surface area contributed by atoms with Crippen molar-refractivity contribution < 1.29 is 13.5 Å². The molecule has 0 saturated carbocycles. The Morgan fingerprint density at radius 3 is 2.59 bits per heavy atom. The lowest BCUT2D eigenvalue weighted by molar-refractivity contribution is 0.379. The summed E-state index contributed by atoms with van der Waals surface area (Å²) in [6, 6.07) is 12.4. The molecule has 0 radical (unpaired) electrons. The third-order valence-electron chi connectivity index (χ3n) is 4.35. The van der Waals surface area contributed by atoms with Crippen molar-refractivity contribution in [1.82, 2.24) is 10.2 Å². The van der Waals surface area contributed by atoms with Gasteiger partial charge in [0.2, 0.25) is 11.8 Å². The topological polar surface area (TPSA) is 87.7 Å². The molecule has 0 aliphatic carbocycles. The zero-order valence-corrected chi connectivity index (χ0v) is 15.2. The molecule has 0 spiro atoms. The van der Waals surface area contributed by atoms with Gasteiger partial charge in [0.05, 0.1) is 21.6 Å². The summed E-state index contributed by atoms with van der Waals surface area (Å²) in [5.41, 5.74) is 8.54. The molecule has 0 fully saturated rings. The standard InChI is InChI=1S/C19H11BrF2N4O/c20-13-7-10(3-6-14(13)22)15-12(8-23)18(24)27-19-16(15)17(25-26-19)9-1-4-11(21)5-2-9/h1-7,15H,24H2,(H,25,26). The predicted octanol–water partition coefficient (Wildman–Crippen LogP) is 4.34. The molecular formula is C19H11BrF2N4O. The van der Waals surface area contributed by atoms with Crippen LogP contribution in [-0.2, 0) is 0 Å². The summed E-state index contributed by atoms with van der Waals surface area (Å²) in [5, 5.41) is 16.7. The van der Waals surface area contributed by atoms with Gasteiger partial charge in [-0.3, -0.25) is 5.10 Å². The fourth-order valence-electron chi connectivity index (χ4n) is 3.11. The summed E-state index contributed by atoms with van der Waals surface area (Å²) < 4.78 is 32.8. The van der Waals surface area contributed by atoms with Crippen LogP contribution in [0.2, 0.25) is 0 Å². The van der Waals surface area contributed by atoms with E-state index < -0.39 is 11.7 Å². The van der Waals surface area contributed by atoms with Crippen molar-refractivity contribution in [2.45, 2.75) is 5.92 Å². The first-order valence-corrected chi connectivity index (χ1v) is 8.65. The Labute approximate surface area is 161 Å². The van der Waals surface area contributed by atoms with Gasteiger partial charge in [-0.25, -0.2) is 8.78 Å². The van der Waals surface area contributed by atoms with E-state index in [-0.39, 0.29) is 27.6 Å². The number of fused-ring (bicyclic) bond motifs is 1. The van der Waals surface area contributed by atoms with Crippen molar-refractivity contribution in [2.24, 2.45) is 5.73 Å². The molecule has 1 aliphatic heterocycles. The van der Waals surface area contributed by atoms with Crippen LogP contribution in [0.25, 0.3) is 11.3 Å². The van der Waals surface area contributed by atoms with E-state index in [4.69, 9.17) is 10.5 Å². The van der Waals surface area contributed by atoms with Gasteiger partial charge in [0.25, 0.3) is 0 Å². The Hall–Kier alpha value is -3.18. The summed E-state index contributed by atoms with van der Waals surface area (Å²) in [6.07, 6.45) is 0. The maximum absolute atomic E-state index is 13.7. The molecule has 3 aromatic rings.